The van der Waals surface area contributed by atoms with Crippen LogP contribution in [0.2, 0.25) is 0 Å². The van der Waals surface area contributed by atoms with Gasteiger partial charge in [-0.3, -0.25) is 14.9 Å². The molecule has 0 aliphatic heterocycles. The summed E-state index contributed by atoms with van der Waals surface area (Å²) in [7, 11) is -3.83. The number of sulfone groups is 1. The molecule has 160 valence electrons. The van der Waals surface area contributed by atoms with E-state index in [1.807, 2.05) is 42.5 Å². The Balaban J connectivity index is 1.45. The summed E-state index contributed by atoms with van der Waals surface area (Å²) in [5.74, 6) is -0.216. The van der Waals surface area contributed by atoms with E-state index in [9.17, 15) is 23.3 Å². The summed E-state index contributed by atoms with van der Waals surface area (Å²) in [6, 6.07) is 24.2. The Bertz CT molecular complexity index is 1410. The largest absolute Gasteiger partial charge is 0.326 e. The van der Waals surface area contributed by atoms with Crippen molar-refractivity contribution in [2.75, 3.05) is 5.32 Å². The zero-order valence-electron chi connectivity index (χ0n) is 16.8. The van der Waals surface area contributed by atoms with Crippen LogP contribution in [0.3, 0.4) is 0 Å². The third-order valence-electron chi connectivity index (χ3n) is 4.98. The third-order valence-corrected chi connectivity index (χ3v) is 6.77. The first kappa shape index (κ1) is 21.2. The second kappa shape index (κ2) is 8.60. The molecule has 0 aliphatic rings. The van der Waals surface area contributed by atoms with Gasteiger partial charge >= 0.3 is 0 Å². The van der Waals surface area contributed by atoms with E-state index in [0.717, 1.165) is 28.5 Å². The molecule has 0 aromatic heterocycles. The number of hydrogen-bond acceptors (Lipinski definition) is 5. The van der Waals surface area contributed by atoms with Crippen molar-refractivity contribution in [2.45, 2.75) is 16.2 Å². The number of fused-ring (bicyclic) bond motifs is 1. The molecular weight excluding hydrogens is 428 g/mol. The van der Waals surface area contributed by atoms with Crippen molar-refractivity contribution in [3.05, 3.63) is 107 Å². The van der Waals surface area contributed by atoms with Crippen molar-refractivity contribution >= 4 is 37.9 Å². The average molecular weight is 446 g/mol. The molecule has 32 heavy (non-hydrogen) atoms. The molecule has 0 radical (unpaired) electrons. The molecule has 0 saturated heterocycles. The van der Waals surface area contributed by atoms with E-state index in [-0.39, 0.29) is 27.8 Å². The fraction of sp³-hybridized carbons (Fsp3) is 0.0417. The lowest BCUT2D eigenvalue weighted by atomic mass is 10.0. The van der Waals surface area contributed by atoms with Gasteiger partial charge < -0.3 is 5.32 Å². The van der Waals surface area contributed by atoms with Crippen molar-refractivity contribution in [1.82, 2.24) is 0 Å². The summed E-state index contributed by atoms with van der Waals surface area (Å²) in [5, 5.41) is 15.7. The number of benzene rings is 4. The Labute approximate surface area is 184 Å². The molecular formula is C24H18N2O5S. The van der Waals surface area contributed by atoms with E-state index >= 15 is 0 Å². The van der Waals surface area contributed by atoms with Crippen LogP contribution in [0, 0.1) is 10.1 Å². The van der Waals surface area contributed by atoms with Gasteiger partial charge in [0.15, 0.2) is 0 Å². The minimum absolute atomic E-state index is 0.0267. The molecule has 0 saturated carbocycles. The predicted molar refractivity (Wildman–Crippen MR) is 121 cm³/mol. The minimum atomic E-state index is -3.83. The highest BCUT2D eigenvalue weighted by Crippen LogP contribution is 2.24. The van der Waals surface area contributed by atoms with Crippen LogP contribution in [0.5, 0.6) is 0 Å². The number of nitrogens with one attached hydrogen (secondary N) is 1. The molecule has 0 unspecified atom stereocenters. The molecule has 0 atom stereocenters. The quantitative estimate of drug-likeness (QED) is 0.339. The molecule has 1 amide bonds. The second-order valence-corrected chi connectivity index (χ2v) is 9.13. The topological polar surface area (TPSA) is 106 Å². The number of nitrogens with zero attached hydrogens (tertiary/aromatic N) is 1. The Morgan fingerprint density at radius 1 is 0.812 bits per heavy atom. The number of hydrogen-bond donors (Lipinski definition) is 1. The Morgan fingerprint density at radius 2 is 1.41 bits per heavy atom. The molecule has 0 aliphatic carbocycles. The number of nitro benzene ring substituents is 1. The highest BCUT2D eigenvalue weighted by molar-refractivity contribution is 7.91. The maximum atomic E-state index is 12.7. The van der Waals surface area contributed by atoms with Crippen molar-refractivity contribution in [2.24, 2.45) is 0 Å². The van der Waals surface area contributed by atoms with Crippen LogP contribution in [0.1, 0.15) is 5.56 Å². The molecule has 8 heteroatoms. The van der Waals surface area contributed by atoms with Crippen LogP contribution in [0.25, 0.3) is 10.8 Å². The lowest BCUT2D eigenvalue weighted by Gasteiger charge is -2.08. The number of non-ortho nitro benzene ring substituents is 1. The Kier molecular flexibility index (Phi) is 5.70. The SMILES string of the molecule is O=C(Cc1ccc2ccccc2c1)Nc1ccc(S(=O)(=O)c2ccc([N+](=O)[O-])cc2)cc1. The summed E-state index contributed by atoms with van der Waals surface area (Å²) in [6.45, 7) is 0. The fourth-order valence-corrected chi connectivity index (χ4v) is 4.60. The maximum absolute atomic E-state index is 12.7. The van der Waals surface area contributed by atoms with E-state index in [1.54, 1.807) is 0 Å². The summed E-state index contributed by atoms with van der Waals surface area (Å²) >= 11 is 0. The highest BCUT2D eigenvalue weighted by Gasteiger charge is 2.19. The van der Waals surface area contributed by atoms with Gasteiger partial charge in [-0.1, -0.05) is 42.5 Å². The van der Waals surface area contributed by atoms with Gasteiger partial charge in [0.25, 0.3) is 5.69 Å². The minimum Gasteiger partial charge on any atom is -0.326 e. The molecule has 0 fully saturated rings. The van der Waals surface area contributed by atoms with Gasteiger partial charge in [0.1, 0.15) is 0 Å². The summed E-state index contributed by atoms with van der Waals surface area (Å²) in [5.41, 5.74) is 1.16. The van der Waals surface area contributed by atoms with Gasteiger partial charge in [-0.2, -0.15) is 0 Å². The fourth-order valence-electron chi connectivity index (χ4n) is 3.34. The van der Waals surface area contributed by atoms with E-state index in [4.69, 9.17) is 0 Å². The summed E-state index contributed by atoms with van der Waals surface area (Å²) < 4.78 is 25.5. The van der Waals surface area contributed by atoms with Crippen LogP contribution in [0.15, 0.2) is 101 Å². The number of carbonyl (C=O) groups is 1. The van der Waals surface area contributed by atoms with Gasteiger partial charge in [0.05, 0.1) is 21.1 Å². The van der Waals surface area contributed by atoms with Crippen LogP contribution in [0.4, 0.5) is 11.4 Å². The smallest absolute Gasteiger partial charge is 0.269 e. The summed E-state index contributed by atoms with van der Waals surface area (Å²) in [6.07, 6.45) is 0.188. The average Bonchev–Trinajstić information content (AvgIpc) is 2.79. The van der Waals surface area contributed by atoms with Gasteiger partial charge in [-0.15, -0.1) is 0 Å². The number of amides is 1. The predicted octanol–water partition coefficient (Wildman–Crippen LogP) is 4.76. The first-order valence-electron chi connectivity index (χ1n) is 9.70. The molecule has 4 aromatic carbocycles. The standard InChI is InChI=1S/C24H18N2O5S/c27-24(16-17-5-6-18-3-1-2-4-19(18)15-17)25-20-7-11-22(12-8-20)32(30,31)23-13-9-21(10-14-23)26(28)29/h1-15H,16H2,(H,25,27). The Hall–Kier alpha value is -4.04. The molecule has 4 aromatic rings. The lowest BCUT2D eigenvalue weighted by molar-refractivity contribution is -0.384. The van der Waals surface area contributed by atoms with Crippen LogP contribution in [-0.4, -0.2) is 19.2 Å². The second-order valence-electron chi connectivity index (χ2n) is 7.19. The summed E-state index contributed by atoms with van der Waals surface area (Å²) in [4.78, 5) is 22.6. The molecule has 1 N–H and O–H groups in total. The van der Waals surface area contributed by atoms with E-state index < -0.39 is 14.8 Å². The molecule has 0 spiro atoms. The zero-order chi connectivity index (χ0) is 22.7. The first-order chi connectivity index (χ1) is 15.3. The number of anilines is 1. The monoisotopic (exact) mass is 446 g/mol. The van der Waals surface area contributed by atoms with Gasteiger partial charge in [0.2, 0.25) is 15.7 Å². The van der Waals surface area contributed by atoms with Gasteiger partial charge in [0, 0.05) is 17.8 Å². The zero-order valence-corrected chi connectivity index (χ0v) is 17.6. The lowest BCUT2D eigenvalue weighted by Crippen LogP contribution is -2.14. The van der Waals surface area contributed by atoms with Crippen LogP contribution in [-0.2, 0) is 21.1 Å². The third kappa shape index (κ3) is 4.50. The van der Waals surface area contributed by atoms with Crippen LogP contribution < -0.4 is 5.32 Å². The van der Waals surface area contributed by atoms with E-state index in [1.165, 1.54) is 36.4 Å². The van der Waals surface area contributed by atoms with Crippen molar-refractivity contribution in [3.63, 3.8) is 0 Å². The van der Waals surface area contributed by atoms with Crippen molar-refractivity contribution in [1.29, 1.82) is 0 Å². The van der Waals surface area contributed by atoms with E-state index in [2.05, 4.69) is 5.32 Å². The van der Waals surface area contributed by atoms with Crippen molar-refractivity contribution < 1.29 is 18.1 Å². The number of carbonyl (C=O) groups excluding carboxylic acids is 1. The van der Waals surface area contributed by atoms with Gasteiger partial charge in [-0.25, -0.2) is 8.42 Å². The van der Waals surface area contributed by atoms with E-state index in [0.29, 0.717) is 5.69 Å². The highest BCUT2D eigenvalue weighted by atomic mass is 32.2. The molecule has 0 heterocycles. The Morgan fingerprint density at radius 3 is 2.03 bits per heavy atom. The number of rotatable bonds is 6. The van der Waals surface area contributed by atoms with Crippen molar-refractivity contribution in [3.8, 4) is 0 Å². The number of nitro groups is 1. The van der Waals surface area contributed by atoms with Crippen LogP contribution >= 0.6 is 0 Å². The first-order valence-corrected chi connectivity index (χ1v) is 11.2. The molecule has 7 nitrogen and oxygen atoms in total. The maximum Gasteiger partial charge on any atom is 0.269 e. The molecule has 0 bridgehead atoms. The van der Waals surface area contributed by atoms with Gasteiger partial charge in [-0.05, 0) is 52.7 Å². The normalized spacial score (nSPS) is 11.2. The molecule has 4 rings (SSSR count).